The van der Waals surface area contributed by atoms with Crippen LogP contribution < -0.4 is 0 Å². The Morgan fingerprint density at radius 3 is 2.80 bits per heavy atom. The van der Waals surface area contributed by atoms with Crippen molar-refractivity contribution in [1.82, 2.24) is 14.8 Å². The van der Waals surface area contributed by atoms with Crippen molar-refractivity contribution in [3.8, 4) is 0 Å². The first-order valence-electron chi connectivity index (χ1n) is 8.38. The van der Waals surface area contributed by atoms with E-state index in [1.165, 1.54) is 0 Å². The van der Waals surface area contributed by atoms with E-state index in [1.54, 1.807) is 6.07 Å². The number of esters is 1. The summed E-state index contributed by atoms with van der Waals surface area (Å²) in [6.45, 7) is 3.67. The summed E-state index contributed by atoms with van der Waals surface area (Å²) in [4.78, 5) is 24.8. The second-order valence-corrected chi connectivity index (χ2v) is 6.50. The highest BCUT2D eigenvalue weighted by molar-refractivity contribution is 6.04. The molecule has 2 heterocycles. The molecule has 6 heteroatoms. The molecule has 1 aliphatic carbocycles. The number of hydrogen-bond acceptors (Lipinski definition) is 4. The lowest BCUT2D eigenvalue weighted by Gasteiger charge is -2.07. The summed E-state index contributed by atoms with van der Waals surface area (Å²) in [5.41, 5.74) is 3.61. The molecule has 0 bridgehead atoms. The van der Waals surface area contributed by atoms with Gasteiger partial charge in [-0.15, -0.1) is 0 Å². The maximum absolute atomic E-state index is 12.5. The molecule has 128 valence electrons. The third-order valence-electron chi connectivity index (χ3n) is 4.69. The number of aromatic nitrogens is 3. The first-order chi connectivity index (χ1) is 12.1. The van der Waals surface area contributed by atoms with Gasteiger partial charge in [0.1, 0.15) is 0 Å². The van der Waals surface area contributed by atoms with E-state index in [9.17, 15) is 9.59 Å². The second kappa shape index (κ2) is 5.88. The zero-order valence-corrected chi connectivity index (χ0v) is 14.2. The molecule has 0 amide bonds. The zero-order valence-electron chi connectivity index (χ0n) is 14.2. The van der Waals surface area contributed by atoms with Crippen molar-refractivity contribution < 1.29 is 14.3 Å². The average molecular weight is 337 g/mol. The van der Waals surface area contributed by atoms with Crippen molar-refractivity contribution in [3.05, 3.63) is 53.0 Å². The Labute approximate surface area is 144 Å². The van der Waals surface area contributed by atoms with Gasteiger partial charge in [0.2, 0.25) is 5.78 Å². The molecule has 1 saturated carbocycles. The predicted octanol–water partition coefficient (Wildman–Crippen LogP) is 3.36. The minimum atomic E-state index is -0.596. The molecule has 6 nitrogen and oxygen atoms in total. The molecule has 0 saturated heterocycles. The summed E-state index contributed by atoms with van der Waals surface area (Å²) in [6, 6.07) is 9.70. The number of carbonyl (C=O) groups is 2. The van der Waals surface area contributed by atoms with E-state index in [4.69, 9.17) is 4.74 Å². The van der Waals surface area contributed by atoms with Crippen LogP contribution in [0.2, 0.25) is 0 Å². The maximum atomic E-state index is 12.5. The first kappa shape index (κ1) is 15.6. The summed E-state index contributed by atoms with van der Waals surface area (Å²) >= 11 is 0. The Morgan fingerprint density at radius 2 is 2.04 bits per heavy atom. The average Bonchev–Trinajstić information content (AvgIpc) is 3.26. The fraction of sp³-hybridized carbons (Fsp3) is 0.316. The molecule has 0 atom stereocenters. The van der Waals surface area contributed by atoms with Crippen LogP contribution in [0.4, 0.5) is 0 Å². The summed E-state index contributed by atoms with van der Waals surface area (Å²) < 4.78 is 7.42. The summed E-state index contributed by atoms with van der Waals surface area (Å²) in [6.07, 6.45) is 2.32. The molecule has 0 aliphatic heterocycles. The van der Waals surface area contributed by atoms with E-state index in [2.05, 4.69) is 14.8 Å². The lowest BCUT2D eigenvalue weighted by Crippen LogP contribution is -2.15. The summed E-state index contributed by atoms with van der Waals surface area (Å²) in [5, 5.41) is 7.47. The number of carbonyl (C=O) groups excluding carboxylic acids is 2. The van der Waals surface area contributed by atoms with E-state index in [1.807, 2.05) is 38.1 Å². The number of ketones is 1. The number of nitrogens with one attached hydrogen (secondary N) is 1. The van der Waals surface area contributed by atoms with Crippen molar-refractivity contribution in [1.29, 1.82) is 0 Å². The van der Waals surface area contributed by atoms with Crippen molar-refractivity contribution in [2.75, 3.05) is 6.61 Å². The van der Waals surface area contributed by atoms with Crippen molar-refractivity contribution in [3.63, 3.8) is 0 Å². The number of nitrogens with zero attached hydrogens (tertiary/aromatic N) is 2. The van der Waals surface area contributed by atoms with Crippen molar-refractivity contribution in [2.24, 2.45) is 0 Å². The number of benzene rings is 1. The topological polar surface area (TPSA) is 77.0 Å². The van der Waals surface area contributed by atoms with Gasteiger partial charge in [-0.3, -0.25) is 9.89 Å². The van der Waals surface area contributed by atoms with Gasteiger partial charge in [0.15, 0.2) is 12.3 Å². The molecule has 1 aromatic carbocycles. The van der Waals surface area contributed by atoms with E-state index in [0.717, 1.165) is 29.7 Å². The van der Waals surface area contributed by atoms with Gasteiger partial charge < -0.3 is 9.30 Å². The standard InChI is InChI=1S/C19H19N3O3/c1-11-9-15(12(2)22(11)13-7-8-13)17(23)10-25-19(24)18-14-5-3-4-6-16(14)20-21-18/h3-6,9,13H,7-8,10H2,1-2H3,(H,20,21). The first-order valence-corrected chi connectivity index (χ1v) is 8.38. The molecule has 2 aromatic heterocycles. The molecule has 4 rings (SSSR count). The minimum Gasteiger partial charge on any atom is -0.452 e. The van der Waals surface area contributed by atoms with Gasteiger partial charge in [0.25, 0.3) is 0 Å². The van der Waals surface area contributed by atoms with Gasteiger partial charge in [-0.25, -0.2) is 4.79 Å². The molecule has 1 aliphatic rings. The third-order valence-corrected chi connectivity index (χ3v) is 4.69. The quantitative estimate of drug-likeness (QED) is 0.572. The number of ether oxygens (including phenoxy) is 1. The highest BCUT2D eigenvalue weighted by Gasteiger charge is 2.28. The van der Waals surface area contributed by atoms with E-state index in [-0.39, 0.29) is 18.1 Å². The summed E-state index contributed by atoms with van der Waals surface area (Å²) in [7, 11) is 0. The van der Waals surface area contributed by atoms with Crippen LogP contribution in [0, 0.1) is 13.8 Å². The van der Waals surface area contributed by atoms with Crippen LogP contribution in [0.5, 0.6) is 0 Å². The van der Waals surface area contributed by atoms with Crippen LogP contribution >= 0.6 is 0 Å². The third kappa shape index (κ3) is 2.73. The van der Waals surface area contributed by atoms with Crippen molar-refractivity contribution in [2.45, 2.75) is 32.7 Å². The van der Waals surface area contributed by atoms with Crippen molar-refractivity contribution >= 4 is 22.7 Å². The monoisotopic (exact) mass is 337 g/mol. The molecule has 0 spiro atoms. The fourth-order valence-electron chi connectivity index (χ4n) is 3.35. The maximum Gasteiger partial charge on any atom is 0.359 e. The fourth-order valence-corrected chi connectivity index (χ4v) is 3.35. The Kier molecular flexibility index (Phi) is 3.67. The molecular weight excluding hydrogens is 318 g/mol. The highest BCUT2D eigenvalue weighted by atomic mass is 16.5. The van der Waals surface area contributed by atoms with Gasteiger partial charge in [-0.05, 0) is 38.8 Å². The van der Waals surface area contributed by atoms with Gasteiger partial charge in [0.05, 0.1) is 5.52 Å². The van der Waals surface area contributed by atoms with Crippen LogP contribution in [0.1, 0.15) is 51.1 Å². The lowest BCUT2D eigenvalue weighted by atomic mass is 10.1. The van der Waals surface area contributed by atoms with Crippen LogP contribution in [0.3, 0.4) is 0 Å². The van der Waals surface area contributed by atoms with Crippen LogP contribution in [-0.4, -0.2) is 33.1 Å². The smallest absolute Gasteiger partial charge is 0.359 e. The highest BCUT2D eigenvalue weighted by Crippen LogP contribution is 2.38. The Hall–Kier alpha value is -2.89. The Morgan fingerprint density at radius 1 is 1.28 bits per heavy atom. The number of hydrogen-bond donors (Lipinski definition) is 1. The molecular formula is C19H19N3O3. The summed E-state index contributed by atoms with van der Waals surface area (Å²) in [5.74, 6) is -0.782. The van der Waals surface area contributed by atoms with Crippen LogP contribution in [-0.2, 0) is 4.74 Å². The molecule has 3 aromatic rings. The van der Waals surface area contributed by atoms with Gasteiger partial charge >= 0.3 is 5.97 Å². The Bertz CT molecular complexity index is 979. The van der Waals surface area contributed by atoms with Gasteiger partial charge in [-0.1, -0.05) is 18.2 Å². The molecule has 1 N–H and O–H groups in total. The molecule has 0 unspecified atom stereocenters. The predicted molar refractivity (Wildman–Crippen MR) is 92.9 cm³/mol. The van der Waals surface area contributed by atoms with E-state index < -0.39 is 5.97 Å². The number of Topliss-reactive ketones (excluding diaryl/α,β-unsaturated/α-hetero) is 1. The number of aryl methyl sites for hydroxylation is 1. The van der Waals surface area contributed by atoms with Gasteiger partial charge in [0, 0.05) is 28.4 Å². The van der Waals surface area contributed by atoms with Crippen LogP contribution in [0.25, 0.3) is 10.9 Å². The molecule has 0 radical (unpaired) electrons. The van der Waals surface area contributed by atoms with Crippen LogP contribution in [0.15, 0.2) is 30.3 Å². The largest absolute Gasteiger partial charge is 0.452 e. The van der Waals surface area contributed by atoms with Gasteiger partial charge in [-0.2, -0.15) is 5.10 Å². The Balaban J connectivity index is 1.49. The number of H-pyrrole nitrogens is 1. The van der Waals surface area contributed by atoms with E-state index >= 15 is 0 Å². The molecule has 1 fully saturated rings. The lowest BCUT2D eigenvalue weighted by molar-refractivity contribution is 0.0470. The normalized spacial score (nSPS) is 14.0. The SMILES string of the molecule is Cc1cc(C(=O)COC(=O)c2n[nH]c3ccccc23)c(C)n1C1CC1. The number of fused-ring (bicyclic) bond motifs is 1. The second-order valence-electron chi connectivity index (χ2n) is 6.50. The molecule has 25 heavy (non-hydrogen) atoms. The zero-order chi connectivity index (χ0) is 17.6. The number of para-hydroxylation sites is 1. The minimum absolute atomic E-state index is 0.187. The van der Waals surface area contributed by atoms with E-state index in [0.29, 0.717) is 17.0 Å². The number of aromatic amines is 1. The number of rotatable bonds is 5.